The number of carbonyl (C=O) groups is 2. The first kappa shape index (κ1) is 14.6. The quantitative estimate of drug-likeness (QED) is 0.511. The van der Waals surface area contributed by atoms with Crippen molar-refractivity contribution in [3.8, 4) is 0 Å². The second kappa shape index (κ2) is 5.84. The molecule has 0 aliphatic heterocycles. The molecule has 0 spiro atoms. The molecule has 114 valence electrons. The minimum absolute atomic E-state index is 0.163. The molecule has 0 radical (unpaired) electrons. The van der Waals surface area contributed by atoms with E-state index in [-0.39, 0.29) is 11.6 Å². The summed E-state index contributed by atoms with van der Waals surface area (Å²) in [5.41, 5.74) is 6.87. The van der Waals surface area contributed by atoms with Crippen molar-refractivity contribution in [2.24, 2.45) is 5.92 Å². The van der Waals surface area contributed by atoms with Crippen LogP contribution in [-0.2, 0) is 6.42 Å². The number of hydrogen-bond donors (Lipinski definition) is 2. The number of nitrogens with one attached hydrogen (secondary N) is 1. The van der Waals surface area contributed by atoms with E-state index in [1.54, 1.807) is 19.2 Å². The predicted molar refractivity (Wildman–Crippen MR) is 85.4 cm³/mol. The van der Waals surface area contributed by atoms with E-state index >= 15 is 0 Å². The Morgan fingerprint density at radius 2 is 2.27 bits per heavy atom. The number of aryl methyl sites for hydroxylation is 1. The largest absolute Gasteiger partial charge is 0.375 e. The summed E-state index contributed by atoms with van der Waals surface area (Å²) in [4.78, 5) is 34.2. The Labute approximate surface area is 131 Å². The van der Waals surface area contributed by atoms with Gasteiger partial charge in [-0.05, 0) is 31.4 Å². The fourth-order valence-corrected chi connectivity index (χ4v) is 3.51. The van der Waals surface area contributed by atoms with Crippen molar-refractivity contribution >= 4 is 33.9 Å². The number of anilines is 2. The number of Topliss-reactive ketones (excluding diaryl/α,β-unsaturated/α-hetero) is 2. The fraction of sp³-hybridized carbons (Fsp3) is 0.333. The molecule has 0 aromatic carbocycles. The minimum Gasteiger partial charge on any atom is -0.375 e. The van der Waals surface area contributed by atoms with Gasteiger partial charge in [0.15, 0.2) is 16.7 Å². The molecule has 2 aromatic rings. The van der Waals surface area contributed by atoms with Crippen LogP contribution in [0.15, 0.2) is 18.3 Å². The van der Waals surface area contributed by atoms with Gasteiger partial charge in [-0.2, -0.15) is 0 Å². The van der Waals surface area contributed by atoms with Crippen LogP contribution in [-0.4, -0.2) is 28.6 Å². The predicted octanol–water partition coefficient (Wildman–Crippen LogP) is 2.18. The van der Waals surface area contributed by atoms with Crippen molar-refractivity contribution in [2.75, 3.05) is 18.1 Å². The van der Waals surface area contributed by atoms with E-state index in [0.29, 0.717) is 34.2 Å². The molecular weight excluding hydrogens is 300 g/mol. The average Bonchev–Trinajstić information content (AvgIpc) is 2.84. The van der Waals surface area contributed by atoms with Gasteiger partial charge in [0, 0.05) is 18.8 Å². The van der Waals surface area contributed by atoms with E-state index < -0.39 is 5.92 Å². The number of aromatic nitrogens is 2. The Hall–Kier alpha value is -2.28. The SMILES string of the molecule is CNc1ccc(C(=O)C2CCCc3nc(N)sc3C2=O)cn1. The molecule has 1 aliphatic rings. The summed E-state index contributed by atoms with van der Waals surface area (Å²) in [7, 11) is 1.76. The first-order chi connectivity index (χ1) is 10.6. The van der Waals surface area contributed by atoms with Gasteiger partial charge in [-0.25, -0.2) is 9.97 Å². The minimum atomic E-state index is -0.664. The smallest absolute Gasteiger partial charge is 0.185 e. The molecule has 0 saturated carbocycles. The van der Waals surface area contributed by atoms with E-state index in [1.807, 2.05) is 0 Å². The molecule has 3 N–H and O–H groups in total. The summed E-state index contributed by atoms with van der Waals surface area (Å²) in [6, 6.07) is 3.42. The molecule has 2 heterocycles. The Balaban J connectivity index is 1.89. The number of nitrogens with zero attached hydrogens (tertiary/aromatic N) is 2. The second-order valence-electron chi connectivity index (χ2n) is 5.18. The third-order valence-corrected chi connectivity index (χ3v) is 4.72. The molecule has 22 heavy (non-hydrogen) atoms. The Kier molecular flexibility index (Phi) is 3.89. The van der Waals surface area contributed by atoms with E-state index in [9.17, 15) is 9.59 Å². The number of carbonyl (C=O) groups excluding carboxylic acids is 2. The van der Waals surface area contributed by atoms with Gasteiger partial charge in [-0.15, -0.1) is 0 Å². The van der Waals surface area contributed by atoms with Crippen molar-refractivity contribution < 1.29 is 9.59 Å². The van der Waals surface area contributed by atoms with Crippen molar-refractivity contribution in [3.63, 3.8) is 0 Å². The topological polar surface area (TPSA) is 98.0 Å². The molecule has 6 nitrogen and oxygen atoms in total. The molecule has 0 bridgehead atoms. The van der Waals surface area contributed by atoms with Gasteiger partial charge >= 0.3 is 0 Å². The summed E-state index contributed by atoms with van der Waals surface area (Å²) < 4.78 is 0. The van der Waals surface area contributed by atoms with Crippen LogP contribution in [0, 0.1) is 5.92 Å². The molecule has 0 fully saturated rings. The van der Waals surface area contributed by atoms with E-state index in [2.05, 4.69) is 15.3 Å². The van der Waals surface area contributed by atoms with Crippen LogP contribution in [0.3, 0.4) is 0 Å². The Bertz CT molecular complexity index is 724. The van der Waals surface area contributed by atoms with Gasteiger partial charge in [0.2, 0.25) is 0 Å². The molecule has 1 aliphatic carbocycles. The summed E-state index contributed by atoms with van der Waals surface area (Å²) >= 11 is 1.17. The van der Waals surface area contributed by atoms with Crippen LogP contribution in [0.2, 0.25) is 0 Å². The Morgan fingerprint density at radius 3 is 2.95 bits per heavy atom. The molecule has 0 saturated heterocycles. The highest BCUT2D eigenvalue weighted by Gasteiger charge is 2.33. The molecule has 3 rings (SSSR count). The zero-order chi connectivity index (χ0) is 15.7. The van der Waals surface area contributed by atoms with E-state index in [0.717, 1.165) is 12.1 Å². The van der Waals surface area contributed by atoms with Crippen molar-refractivity contribution in [3.05, 3.63) is 34.5 Å². The van der Waals surface area contributed by atoms with Crippen LogP contribution in [0.1, 0.15) is 38.6 Å². The van der Waals surface area contributed by atoms with Crippen molar-refractivity contribution in [1.82, 2.24) is 9.97 Å². The molecule has 1 unspecified atom stereocenters. The van der Waals surface area contributed by atoms with Crippen LogP contribution < -0.4 is 11.1 Å². The van der Waals surface area contributed by atoms with Gasteiger partial charge in [-0.1, -0.05) is 11.3 Å². The number of ketones is 2. The number of hydrogen-bond acceptors (Lipinski definition) is 7. The monoisotopic (exact) mass is 316 g/mol. The fourth-order valence-electron chi connectivity index (χ4n) is 2.63. The van der Waals surface area contributed by atoms with Gasteiger partial charge in [0.25, 0.3) is 0 Å². The third kappa shape index (κ3) is 2.59. The second-order valence-corrected chi connectivity index (χ2v) is 6.21. The number of fused-ring (bicyclic) bond motifs is 1. The molecule has 7 heteroatoms. The molecule has 0 amide bonds. The normalized spacial score (nSPS) is 17.7. The van der Waals surface area contributed by atoms with Crippen LogP contribution in [0.25, 0.3) is 0 Å². The number of nitrogen functional groups attached to an aromatic ring is 1. The standard InChI is InChI=1S/C15H16N4O2S/c1-17-11-6-5-8(7-18-11)12(20)9-3-2-4-10-14(13(9)21)22-15(16)19-10/h5-7,9H,2-4H2,1H3,(H2,16,19)(H,17,18). The molecule has 1 atom stereocenters. The molecular formula is C15H16N4O2S. The summed E-state index contributed by atoms with van der Waals surface area (Å²) in [5.74, 6) is -0.325. The van der Waals surface area contributed by atoms with Gasteiger partial charge in [0.05, 0.1) is 16.5 Å². The van der Waals surface area contributed by atoms with E-state index in [4.69, 9.17) is 5.73 Å². The maximum Gasteiger partial charge on any atom is 0.185 e. The maximum atomic E-state index is 12.7. The van der Waals surface area contributed by atoms with Crippen molar-refractivity contribution in [2.45, 2.75) is 19.3 Å². The number of thiazole rings is 1. The van der Waals surface area contributed by atoms with E-state index in [1.165, 1.54) is 17.5 Å². The highest BCUT2D eigenvalue weighted by molar-refractivity contribution is 7.17. The summed E-state index contributed by atoms with van der Waals surface area (Å²) in [6.07, 6.45) is 3.48. The van der Waals surface area contributed by atoms with Gasteiger partial charge < -0.3 is 11.1 Å². The summed E-state index contributed by atoms with van der Waals surface area (Å²) in [6.45, 7) is 0. The van der Waals surface area contributed by atoms with Crippen LogP contribution >= 0.6 is 11.3 Å². The first-order valence-electron chi connectivity index (χ1n) is 7.07. The number of rotatable bonds is 3. The van der Waals surface area contributed by atoms with Crippen molar-refractivity contribution in [1.29, 1.82) is 0 Å². The summed E-state index contributed by atoms with van der Waals surface area (Å²) in [5, 5.41) is 3.28. The third-order valence-electron chi connectivity index (χ3n) is 3.78. The van der Waals surface area contributed by atoms with Crippen LogP contribution in [0.4, 0.5) is 10.9 Å². The average molecular weight is 316 g/mol. The molecule has 2 aromatic heterocycles. The van der Waals surface area contributed by atoms with Gasteiger partial charge in [0.1, 0.15) is 5.82 Å². The highest BCUT2D eigenvalue weighted by Crippen LogP contribution is 2.31. The zero-order valence-electron chi connectivity index (χ0n) is 12.1. The lowest BCUT2D eigenvalue weighted by Crippen LogP contribution is -2.23. The first-order valence-corrected chi connectivity index (χ1v) is 7.89. The maximum absolute atomic E-state index is 12.7. The zero-order valence-corrected chi connectivity index (χ0v) is 12.9. The lowest BCUT2D eigenvalue weighted by atomic mass is 9.91. The number of nitrogens with two attached hydrogens (primary N) is 1. The number of pyridine rings is 1. The lowest BCUT2D eigenvalue weighted by molar-refractivity contribution is 0.0804. The lowest BCUT2D eigenvalue weighted by Gasteiger charge is -2.11. The van der Waals surface area contributed by atoms with Gasteiger partial charge in [-0.3, -0.25) is 9.59 Å². The Morgan fingerprint density at radius 1 is 1.45 bits per heavy atom. The highest BCUT2D eigenvalue weighted by atomic mass is 32.1. The van der Waals surface area contributed by atoms with Crippen LogP contribution in [0.5, 0.6) is 0 Å².